The summed E-state index contributed by atoms with van der Waals surface area (Å²) < 4.78 is 5.30. The summed E-state index contributed by atoms with van der Waals surface area (Å²) in [6, 6.07) is 8.83. The Kier molecular flexibility index (Phi) is 6.80. The maximum Gasteiger partial charge on any atom is 0.0803 e. The number of nitrogens with one attached hydrogen (secondary N) is 1. The van der Waals surface area contributed by atoms with E-state index in [1.165, 1.54) is 22.0 Å². The molecule has 0 aliphatic rings. The number of aromatic nitrogens is 2. The highest BCUT2D eigenvalue weighted by Gasteiger charge is 2.19. The van der Waals surface area contributed by atoms with Crippen molar-refractivity contribution >= 4 is 27.5 Å². The molecule has 1 unspecified atom stereocenters. The van der Waals surface area contributed by atoms with E-state index in [0.717, 1.165) is 42.4 Å². The van der Waals surface area contributed by atoms with Gasteiger partial charge in [0.25, 0.3) is 0 Å². The Morgan fingerprint density at radius 3 is 2.86 bits per heavy atom. The first-order valence-electron chi connectivity index (χ1n) is 7.53. The molecule has 1 aromatic heterocycles. The van der Waals surface area contributed by atoms with E-state index in [1.807, 2.05) is 0 Å². The molecular formula is C16H22BrN3S. The standard InChI is InChI=1S/C16H22BrN3S/c1-3-6-14-16(21-20-19-14)15(18-9-4-2)11-12-7-5-8-13(17)10-12/h5,7-8,10,15,18H,3-4,6,9,11H2,1-2H3. The molecule has 0 amide bonds. The molecule has 5 heteroatoms. The third kappa shape index (κ3) is 4.87. The lowest BCUT2D eigenvalue weighted by molar-refractivity contribution is 0.531. The molecule has 114 valence electrons. The van der Waals surface area contributed by atoms with Gasteiger partial charge < -0.3 is 5.32 Å². The Bertz CT molecular complexity index is 556. The summed E-state index contributed by atoms with van der Waals surface area (Å²) in [6.07, 6.45) is 4.22. The van der Waals surface area contributed by atoms with Crippen molar-refractivity contribution in [3.05, 3.63) is 44.9 Å². The fraction of sp³-hybridized carbons (Fsp3) is 0.500. The van der Waals surface area contributed by atoms with Crippen molar-refractivity contribution in [2.75, 3.05) is 6.54 Å². The minimum Gasteiger partial charge on any atom is -0.309 e. The Morgan fingerprint density at radius 1 is 1.29 bits per heavy atom. The molecule has 3 nitrogen and oxygen atoms in total. The van der Waals surface area contributed by atoms with Crippen LogP contribution in [0.5, 0.6) is 0 Å². The second kappa shape index (κ2) is 8.61. The van der Waals surface area contributed by atoms with Crippen LogP contribution in [0.1, 0.15) is 48.9 Å². The molecule has 1 N–H and O–H groups in total. The molecule has 1 heterocycles. The van der Waals surface area contributed by atoms with Gasteiger partial charge in [-0.1, -0.05) is 52.8 Å². The molecule has 0 spiro atoms. The zero-order chi connectivity index (χ0) is 15.1. The third-order valence-corrected chi connectivity index (χ3v) is 4.73. The highest BCUT2D eigenvalue weighted by Crippen LogP contribution is 2.26. The fourth-order valence-electron chi connectivity index (χ4n) is 2.37. The lowest BCUT2D eigenvalue weighted by atomic mass is 10.0. The first-order chi connectivity index (χ1) is 10.2. The van der Waals surface area contributed by atoms with E-state index in [1.54, 1.807) is 0 Å². The molecule has 0 saturated carbocycles. The molecule has 0 bridgehead atoms. The molecular weight excluding hydrogens is 346 g/mol. The second-order valence-electron chi connectivity index (χ2n) is 5.17. The monoisotopic (exact) mass is 367 g/mol. The van der Waals surface area contributed by atoms with Crippen molar-refractivity contribution in [1.29, 1.82) is 0 Å². The van der Waals surface area contributed by atoms with Gasteiger partial charge in [-0.15, -0.1) is 5.10 Å². The smallest absolute Gasteiger partial charge is 0.0803 e. The molecule has 0 fully saturated rings. The maximum absolute atomic E-state index is 4.31. The minimum absolute atomic E-state index is 0.306. The van der Waals surface area contributed by atoms with Gasteiger partial charge in [0.15, 0.2) is 0 Å². The van der Waals surface area contributed by atoms with Crippen molar-refractivity contribution in [2.45, 2.75) is 45.6 Å². The van der Waals surface area contributed by atoms with Gasteiger partial charge in [-0.25, -0.2) is 0 Å². The Labute approximate surface area is 139 Å². The summed E-state index contributed by atoms with van der Waals surface area (Å²) in [7, 11) is 0. The number of aryl methyl sites for hydroxylation is 1. The van der Waals surface area contributed by atoms with Crippen molar-refractivity contribution in [1.82, 2.24) is 14.9 Å². The Balaban J connectivity index is 2.19. The lowest BCUT2D eigenvalue weighted by Gasteiger charge is -2.18. The Hall–Kier alpha value is -0.780. The average Bonchev–Trinajstić information content (AvgIpc) is 2.92. The van der Waals surface area contributed by atoms with Crippen LogP contribution in [0.15, 0.2) is 28.7 Å². The molecule has 1 aromatic carbocycles. The van der Waals surface area contributed by atoms with Crippen LogP contribution in [0, 0.1) is 0 Å². The van der Waals surface area contributed by atoms with E-state index >= 15 is 0 Å². The third-order valence-electron chi connectivity index (χ3n) is 3.36. The molecule has 2 rings (SSSR count). The molecule has 21 heavy (non-hydrogen) atoms. The fourth-order valence-corrected chi connectivity index (χ4v) is 3.58. The van der Waals surface area contributed by atoms with E-state index in [2.05, 4.69) is 68.9 Å². The van der Waals surface area contributed by atoms with Crippen LogP contribution in [0.25, 0.3) is 0 Å². The van der Waals surface area contributed by atoms with E-state index in [9.17, 15) is 0 Å². The summed E-state index contributed by atoms with van der Waals surface area (Å²) in [5.74, 6) is 0. The van der Waals surface area contributed by atoms with Gasteiger partial charge in [0.2, 0.25) is 0 Å². The number of hydrogen-bond donors (Lipinski definition) is 1. The molecule has 2 aromatic rings. The van der Waals surface area contributed by atoms with Crippen molar-refractivity contribution in [3.8, 4) is 0 Å². The van der Waals surface area contributed by atoms with Crippen LogP contribution in [-0.2, 0) is 12.8 Å². The molecule has 0 aliphatic carbocycles. The number of halogens is 1. The zero-order valence-corrected chi connectivity index (χ0v) is 15.0. The van der Waals surface area contributed by atoms with Crippen molar-refractivity contribution in [2.24, 2.45) is 0 Å². The number of rotatable bonds is 8. The van der Waals surface area contributed by atoms with Gasteiger partial charge in [-0.3, -0.25) is 0 Å². The number of hydrogen-bond acceptors (Lipinski definition) is 4. The summed E-state index contributed by atoms with van der Waals surface area (Å²) in [5.41, 5.74) is 2.49. The predicted octanol–water partition coefficient (Wildman–Crippen LogP) is 4.54. The maximum atomic E-state index is 4.31. The van der Waals surface area contributed by atoms with Crippen LogP contribution in [0.3, 0.4) is 0 Å². The van der Waals surface area contributed by atoms with Crippen LogP contribution < -0.4 is 5.32 Å². The normalized spacial score (nSPS) is 12.5. The molecule has 1 atom stereocenters. The van der Waals surface area contributed by atoms with Gasteiger partial charge in [0, 0.05) is 10.5 Å². The quantitative estimate of drug-likeness (QED) is 0.744. The molecule has 0 saturated heterocycles. The first-order valence-corrected chi connectivity index (χ1v) is 9.10. The zero-order valence-electron chi connectivity index (χ0n) is 12.6. The average molecular weight is 368 g/mol. The van der Waals surface area contributed by atoms with Gasteiger partial charge in [0.1, 0.15) is 0 Å². The van der Waals surface area contributed by atoms with Gasteiger partial charge in [-0.05, 0) is 55.0 Å². The number of benzene rings is 1. The van der Waals surface area contributed by atoms with Crippen LogP contribution in [0.4, 0.5) is 0 Å². The van der Waals surface area contributed by atoms with Crippen LogP contribution >= 0.6 is 27.5 Å². The highest BCUT2D eigenvalue weighted by molar-refractivity contribution is 9.10. The molecule has 0 aliphatic heterocycles. The van der Waals surface area contributed by atoms with Crippen molar-refractivity contribution in [3.63, 3.8) is 0 Å². The van der Waals surface area contributed by atoms with E-state index in [-0.39, 0.29) is 0 Å². The van der Waals surface area contributed by atoms with E-state index < -0.39 is 0 Å². The van der Waals surface area contributed by atoms with Gasteiger partial charge in [0.05, 0.1) is 10.6 Å². The van der Waals surface area contributed by atoms with Crippen molar-refractivity contribution < 1.29 is 0 Å². The SMILES string of the molecule is CCCNC(Cc1cccc(Br)c1)c1snnc1CCC. The Morgan fingerprint density at radius 2 is 2.14 bits per heavy atom. The van der Waals surface area contributed by atoms with Crippen LogP contribution in [0.2, 0.25) is 0 Å². The first kappa shape index (κ1) is 16.6. The topological polar surface area (TPSA) is 37.8 Å². The second-order valence-corrected chi connectivity index (χ2v) is 6.88. The van der Waals surface area contributed by atoms with Gasteiger partial charge in [-0.2, -0.15) is 0 Å². The largest absolute Gasteiger partial charge is 0.309 e. The summed E-state index contributed by atoms with van der Waals surface area (Å²) in [5, 5.41) is 7.97. The molecule has 0 radical (unpaired) electrons. The number of nitrogens with zero attached hydrogens (tertiary/aromatic N) is 2. The van der Waals surface area contributed by atoms with Gasteiger partial charge >= 0.3 is 0 Å². The van der Waals surface area contributed by atoms with E-state index in [0.29, 0.717) is 6.04 Å². The highest BCUT2D eigenvalue weighted by atomic mass is 79.9. The van der Waals surface area contributed by atoms with E-state index in [4.69, 9.17) is 0 Å². The summed E-state index contributed by atoms with van der Waals surface area (Å²) >= 11 is 5.09. The van der Waals surface area contributed by atoms with Crippen LogP contribution in [-0.4, -0.2) is 16.1 Å². The predicted molar refractivity (Wildman–Crippen MR) is 92.8 cm³/mol. The summed E-state index contributed by atoms with van der Waals surface area (Å²) in [6.45, 7) is 5.40. The lowest BCUT2D eigenvalue weighted by Crippen LogP contribution is -2.24. The summed E-state index contributed by atoms with van der Waals surface area (Å²) in [4.78, 5) is 1.30. The minimum atomic E-state index is 0.306.